The van der Waals surface area contributed by atoms with Gasteiger partial charge in [-0.05, 0) is 36.6 Å². The maximum Gasteiger partial charge on any atom is 0.263 e. The molecule has 1 saturated heterocycles. The summed E-state index contributed by atoms with van der Waals surface area (Å²) in [6.45, 7) is 3.07. The molecule has 3 aromatic rings. The summed E-state index contributed by atoms with van der Waals surface area (Å²) < 4.78 is 43.2. The van der Waals surface area contributed by atoms with Crippen molar-refractivity contribution >= 4 is 33.3 Å². The highest BCUT2D eigenvalue weighted by molar-refractivity contribution is 7.89. The molecule has 1 fully saturated rings. The lowest BCUT2D eigenvalue weighted by Crippen LogP contribution is -2.42. The average molecular weight is 514 g/mol. The van der Waals surface area contributed by atoms with Gasteiger partial charge in [0.2, 0.25) is 10.0 Å². The second kappa shape index (κ2) is 9.17. The normalized spacial score (nSPS) is 19.7. The summed E-state index contributed by atoms with van der Waals surface area (Å²) >= 11 is 0. The lowest BCUT2D eigenvalue weighted by atomic mass is 9.98. The lowest BCUT2D eigenvalue weighted by molar-refractivity contribution is 0.102. The number of rotatable bonds is 7. The highest BCUT2D eigenvalue weighted by Crippen LogP contribution is 2.34. The van der Waals surface area contributed by atoms with E-state index in [4.69, 9.17) is 5.73 Å². The minimum absolute atomic E-state index is 0.00161. The highest BCUT2D eigenvalue weighted by Gasteiger charge is 2.37. The van der Waals surface area contributed by atoms with Crippen molar-refractivity contribution < 1.29 is 17.6 Å². The zero-order chi connectivity index (χ0) is 25.5. The average Bonchev–Trinajstić information content (AvgIpc) is 3.12. The zero-order valence-corrected chi connectivity index (χ0v) is 20.7. The molecule has 5 rings (SSSR count). The van der Waals surface area contributed by atoms with E-state index in [0.717, 1.165) is 6.42 Å². The van der Waals surface area contributed by atoms with E-state index in [1.165, 1.54) is 15.2 Å². The minimum atomic E-state index is -3.49. The van der Waals surface area contributed by atoms with Crippen molar-refractivity contribution in [3.8, 4) is 11.1 Å². The van der Waals surface area contributed by atoms with Gasteiger partial charge in [-0.15, -0.1) is 0 Å². The van der Waals surface area contributed by atoms with Crippen molar-refractivity contribution in [2.24, 2.45) is 0 Å². The second-order valence-electron chi connectivity index (χ2n) is 9.18. The maximum absolute atomic E-state index is 15.0. The molecule has 10 nitrogen and oxygen atoms in total. The van der Waals surface area contributed by atoms with Crippen molar-refractivity contribution in [2.75, 3.05) is 36.0 Å². The smallest absolute Gasteiger partial charge is 0.263 e. The molecule has 190 valence electrons. The van der Waals surface area contributed by atoms with Crippen LogP contribution < -0.4 is 16.4 Å². The number of nitrogens with zero attached hydrogens (tertiary/aromatic N) is 4. The predicted octanol–water partition coefficient (Wildman–Crippen LogP) is 3.11. The van der Waals surface area contributed by atoms with Crippen LogP contribution in [0.15, 0.2) is 47.6 Å². The number of halogens is 1. The molecule has 2 aliphatic rings. The van der Waals surface area contributed by atoms with Gasteiger partial charge in [0.25, 0.3) is 5.91 Å². The van der Waals surface area contributed by atoms with Crippen molar-refractivity contribution in [1.29, 1.82) is 0 Å². The first kappa shape index (κ1) is 24.2. The predicted molar refractivity (Wildman–Crippen MR) is 135 cm³/mol. The third-order valence-corrected chi connectivity index (χ3v) is 8.51. The van der Waals surface area contributed by atoms with Gasteiger partial charge in [-0.25, -0.2) is 17.5 Å². The Morgan fingerprint density at radius 3 is 2.67 bits per heavy atom. The summed E-state index contributed by atoms with van der Waals surface area (Å²) in [5, 5.41) is 10.0. The van der Waals surface area contributed by atoms with Crippen LogP contribution in [0.5, 0.6) is 0 Å². The number of aromatic nitrogens is 3. The number of alkyl halides is 1. The van der Waals surface area contributed by atoms with E-state index in [1.807, 2.05) is 6.92 Å². The van der Waals surface area contributed by atoms with Gasteiger partial charge >= 0.3 is 0 Å². The van der Waals surface area contributed by atoms with Crippen molar-refractivity contribution in [2.45, 2.75) is 43.3 Å². The van der Waals surface area contributed by atoms with Gasteiger partial charge in [0.1, 0.15) is 17.1 Å². The van der Waals surface area contributed by atoms with Gasteiger partial charge in [0.05, 0.1) is 29.9 Å². The molecule has 4 heterocycles. The van der Waals surface area contributed by atoms with Crippen LogP contribution in [0.3, 0.4) is 0 Å². The molecular formula is C24H28FN7O3S. The van der Waals surface area contributed by atoms with E-state index in [2.05, 4.69) is 20.7 Å². The Morgan fingerprint density at radius 2 is 2.00 bits per heavy atom. The Labute approximate surface area is 208 Å². The summed E-state index contributed by atoms with van der Waals surface area (Å²) in [5.41, 5.74) is 6.52. The van der Waals surface area contributed by atoms with Crippen LogP contribution in [0, 0.1) is 0 Å². The SMILES string of the molecule is CCCC1(F)CNc2c(C(=O)Nc3cnccc3-c3ccc(S(=O)(=O)N4CCC4)cc3)c(N)nn2C1. The van der Waals surface area contributed by atoms with Gasteiger partial charge in [0, 0.05) is 24.8 Å². The largest absolute Gasteiger partial charge is 0.381 e. The molecule has 4 N–H and O–H groups in total. The molecule has 0 spiro atoms. The molecular weight excluding hydrogens is 485 g/mol. The number of pyridine rings is 1. The minimum Gasteiger partial charge on any atom is -0.381 e. The topological polar surface area (TPSA) is 135 Å². The van der Waals surface area contributed by atoms with E-state index in [-0.39, 0.29) is 29.4 Å². The number of benzene rings is 1. The lowest BCUT2D eigenvalue weighted by Gasteiger charge is -2.31. The fourth-order valence-corrected chi connectivity index (χ4v) is 6.11. The zero-order valence-electron chi connectivity index (χ0n) is 19.9. The molecule has 0 saturated carbocycles. The molecule has 0 aliphatic carbocycles. The molecule has 1 amide bonds. The van der Waals surface area contributed by atoms with E-state index in [1.54, 1.807) is 36.5 Å². The molecule has 1 atom stereocenters. The van der Waals surface area contributed by atoms with Crippen LogP contribution in [0.2, 0.25) is 0 Å². The van der Waals surface area contributed by atoms with Crippen molar-refractivity contribution in [3.63, 3.8) is 0 Å². The second-order valence-corrected chi connectivity index (χ2v) is 11.1. The summed E-state index contributed by atoms with van der Waals surface area (Å²) in [5.74, 6) is -0.128. The van der Waals surface area contributed by atoms with Crippen LogP contribution in [0.25, 0.3) is 11.1 Å². The summed E-state index contributed by atoms with van der Waals surface area (Å²) in [6, 6.07) is 8.24. The molecule has 1 unspecified atom stereocenters. The third kappa shape index (κ3) is 4.30. The molecule has 36 heavy (non-hydrogen) atoms. The Kier molecular flexibility index (Phi) is 6.17. The monoisotopic (exact) mass is 513 g/mol. The van der Waals surface area contributed by atoms with E-state index in [0.29, 0.717) is 48.6 Å². The fraction of sp³-hybridized carbons (Fsp3) is 0.375. The Bertz CT molecular complexity index is 1400. The molecule has 2 aliphatic heterocycles. The maximum atomic E-state index is 15.0. The van der Waals surface area contributed by atoms with E-state index in [9.17, 15) is 13.2 Å². The summed E-state index contributed by atoms with van der Waals surface area (Å²) in [7, 11) is -3.49. The molecule has 0 radical (unpaired) electrons. The Balaban J connectivity index is 1.39. The summed E-state index contributed by atoms with van der Waals surface area (Å²) in [4.78, 5) is 17.6. The number of hydrogen-bond acceptors (Lipinski definition) is 7. The van der Waals surface area contributed by atoms with Gasteiger partial charge in [-0.2, -0.15) is 9.40 Å². The number of amides is 1. The van der Waals surface area contributed by atoms with E-state index < -0.39 is 21.6 Å². The quantitative estimate of drug-likeness (QED) is 0.442. The number of fused-ring (bicyclic) bond motifs is 1. The molecule has 2 aromatic heterocycles. The van der Waals surface area contributed by atoms with Crippen LogP contribution in [-0.4, -0.2) is 58.7 Å². The van der Waals surface area contributed by atoms with Crippen molar-refractivity contribution in [3.05, 3.63) is 48.3 Å². The first-order valence-electron chi connectivity index (χ1n) is 11.9. The number of nitrogens with one attached hydrogen (secondary N) is 2. The molecule has 0 bridgehead atoms. The molecule has 1 aromatic carbocycles. The number of nitrogens with two attached hydrogens (primary N) is 1. The first-order valence-corrected chi connectivity index (χ1v) is 13.3. The Hall–Kier alpha value is -3.51. The van der Waals surface area contributed by atoms with Crippen LogP contribution in [-0.2, 0) is 16.6 Å². The number of nitrogen functional groups attached to an aromatic ring is 1. The standard InChI is InChI=1S/C24H28FN7O3S/c1-2-9-24(25)14-28-22-20(21(26)30-32(22)15-24)23(33)29-19-13-27-10-8-18(19)16-4-6-17(7-5-16)36(34,35)31-11-3-12-31/h4-8,10,13,28H,2-3,9,11-12,14-15H2,1H3,(H2,26,30)(H,29,33). The van der Waals surface area contributed by atoms with E-state index >= 15 is 4.39 Å². The fourth-order valence-electron chi connectivity index (χ4n) is 4.59. The first-order chi connectivity index (χ1) is 17.2. The van der Waals surface area contributed by atoms with Gasteiger partial charge in [-0.1, -0.05) is 25.5 Å². The number of carbonyl (C=O) groups excluding carboxylic acids is 1. The molecule has 12 heteroatoms. The number of carbonyl (C=O) groups is 1. The van der Waals surface area contributed by atoms with Gasteiger partial charge in [0.15, 0.2) is 5.82 Å². The third-order valence-electron chi connectivity index (χ3n) is 6.60. The van der Waals surface area contributed by atoms with Gasteiger partial charge in [-0.3, -0.25) is 9.78 Å². The van der Waals surface area contributed by atoms with Crippen molar-refractivity contribution in [1.82, 2.24) is 19.1 Å². The van der Waals surface area contributed by atoms with Crippen LogP contribution >= 0.6 is 0 Å². The summed E-state index contributed by atoms with van der Waals surface area (Å²) in [6.07, 6.45) is 5.02. The number of anilines is 3. The number of hydrogen-bond donors (Lipinski definition) is 3. The number of sulfonamides is 1. The Morgan fingerprint density at radius 1 is 1.25 bits per heavy atom. The highest BCUT2D eigenvalue weighted by atomic mass is 32.2. The van der Waals surface area contributed by atoms with Crippen LogP contribution in [0.4, 0.5) is 21.7 Å². The van der Waals surface area contributed by atoms with Gasteiger partial charge < -0.3 is 16.4 Å². The van der Waals surface area contributed by atoms with Crippen LogP contribution in [0.1, 0.15) is 36.5 Å².